The molecule has 1 atom stereocenters. The number of amides is 1. The quantitative estimate of drug-likeness (QED) is 0.833. The van der Waals surface area contributed by atoms with Crippen LogP contribution in [0.2, 0.25) is 0 Å². The molecule has 122 valence electrons. The predicted molar refractivity (Wildman–Crippen MR) is 94.6 cm³/mol. The lowest BCUT2D eigenvalue weighted by Crippen LogP contribution is -2.39. The van der Waals surface area contributed by atoms with Crippen molar-refractivity contribution in [3.8, 4) is 0 Å². The SMILES string of the molecule is CC(C)C1CCCN1C(=O)Cc1csc(Cc2ccccc2)n1. The van der Waals surface area contributed by atoms with Crippen molar-refractivity contribution in [1.29, 1.82) is 0 Å². The largest absolute Gasteiger partial charge is 0.339 e. The van der Waals surface area contributed by atoms with Crippen molar-refractivity contribution in [1.82, 2.24) is 9.88 Å². The summed E-state index contributed by atoms with van der Waals surface area (Å²) in [5, 5.41) is 3.12. The first-order valence-corrected chi connectivity index (χ1v) is 9.28. The minimum absolute atomic E-state index is 0.234. The van der Waals surface area contributed by atoms with E-state index < -0.39 is 0 Å². The highest BCUT2D eigenvalue weighted by atomic mass is 32.1. The van der Waals surface area contributed by atoms with Crippen LogP contribution in [0.1, 0.15) is 43.0 Å². The van der Waals surface area contributed by atoms with Crippen molar-refractivity contribution in [2.45, 2.75) is 45.6 Å². The summed E-state index contributed by atoms with van der Waals surface area (Å²) in [6, 6.07) is 10.8. The van der Waals surface area contributed by atoms with Gasteiger partial charge in [0.2, 0.25) is 5.91 Å². The Hall–Kier alpha value is -1.68. The predicted octanol–water partition coefficient (Wildman–Crippen LogP) is 3.92. The number of carbonyl (C=O) groups excluding carboxylic acids is 1. The molecule has 0 radical (unpaired) electrons. The molecule has 1 fully saturated rings. The molecule has 3 rings (SSSR count). The fourth-order valence-corrected chi connectivity index (χ4v) is 4.16. The number of benzene rings is 1. The Morgan fingerprint density at radius 2 is 2.13 bits per heavy atom. The first-order chi connectivity index (χ1) is 11.1. The average molecular weight is 328 g/mol. The summed E-state index contributed by atoms with van der Waals surface area (Å²) in [6.45, 7) is 5.32. The van der Waals surface area contributed by atoms with Gasteiger partial charge >= 0.3 is 0 Å². The van der Waals surface area contributed by atoms with Gasteiger partial charge in [-0.25, -0.2) is 4.98 Å². The monoisotopic (exact) mass is 328 g/mol. The number of nitrogens with zero attached hydrogens (tertiary/aromatic N) is 2. The van der Waals surface area contributed by atoms with Gasteiger partial charge in [0.15, 0.2) is 0 Å². The summed E-state index contributed by atoms with van der Waals surface area (Å²) < 4.78 is 0. The molecule has 0 N–H and O–H groups in total. The van der Waals surface area contributed by atoms with Gasteiger partial charge in [0, 0.05) is 24.4 Å². The van der Waals surface area contributed by atoms with Gasteiger partial charge in [-0.3, -0.25) is 4.79 Å². The van der Waals surface area contributed by atoms with E-state index in [2.05, 4.69) is 35.9 Å². The molecule has 1 aromatic heterocycles. The number of hydrogen-bond donors (Lipinski definition) is 0. The molecule has 1 unspecified atom stereocenters. The molecular weight excluding hydrogens is 304 g/mol. The Morgan fingerprint density at radius 1 is 1.35 bits per heavy atom. The standard InChI is InChI=1S/C19H24N2OS/c1-14(2)17-9-6-10-21(17)19(22)12-16-13-23-18(20-16)11-15-7-4-3-5-8-15/h3-5,7-8,13-14,17H,6,9-12H2,1-2H3. The molecule has 0 aliphatic carbocycles. The maximum absolute atomic E-state index is 12.6. The van der Waals surface area contributed by atoms with E-state index in [1.165, 1.54) is 5.56 Å². The zero-order chi connectivity index (χ0) is 16.2. The van der Waals surface area contributed by atoms with Crippen molar-refractivity contribution in [3.63, 3.8) is 0 Å². The van der Waals surface area contributed by atoms with E-state index in [9.17, 15) is 4.79 Å². The lowest BCUT2D eigenvalue weighted by Gasteiger charge is -2.27. The number of likely N-dealkylation sites (tertiary alicyclic amines) is 1. The zero-order valence-corrected chi connectivity index (χ0v) is 14.7. The van der Waals surface area contributed by atoms with E-state index in [4.69, 9.17) is 0 Å². The van der Waals surface area contributed by atoms with Gasteiger partial charge in [0.1, 0.15) is 0 Å². The van der Waals surface area contributed by atoms with E-state index >= 15 is 0 Å². The molecule has 0 bridgehead atoms. The second-order valence-electron chi connectivity index (χ2n) is 6.61. The van der Waals surface area contributed by atoms with Crippen molar-refractivity contribution in [2.75, 3.05) is 6.54 Å². The highest BCUT2D eigenvalue weighted by molar-refractivity contribution is 7.09. The number of carbonyl (C=O) groups is 1. The molecule has 0 saturated carbocycles. The van der Waals surface area contributed by atoms with E-state index in [1.807, 2.05) is 23.6 Å². The van der Waals surface area contributed by atoms with Crippen LogP contribution in [-0.2, 0) is 17.6 Å². The average Bonchev–Trinajstić information content (AvgIpc) is 3.17. The fourth-order valence-electron chi connectivity index (χ4n) is 3.33. The lowest BCUT2D eigenvalue weighted by atomic mass is 10.0. The second-order valence-corrected chi connectivity index (χ2v) is 7.56. The minimum Gasteiger partial charge on any atom is -0.339 e. The first kappa shape index (κ1) is 16.2. The molecule has 2 aromatic rings. The highest BCUT2D eigenvalue weighted by Crippen LogP contribution is 2.25. The Morgan fingerprint density at radius 3 is 2.87 bits per heavy atom. The summed E-state index contributed by atoms with van der Waals surface area (Å²) >= 11 is 1.65. The first-order valence-electron chi connectivity index (χ1n) is 8.40. The van der Waals surface area contributed by atoms with Gasteiger partial charge < -0.3 is 4.90 Å². The molecule has 4 heteroatoms. The molecule has 1 aliphatic heterocycles. The number of aromatic nitrogens is 1. The molecule has 0 spiro atoms. The fraction of sp³-hybridized carbons (Fsp3) is 0.474. The van der Waals surface area contributed by atoms with Crippen LogP contribution in [0, 0.1) is 5.92 Å². The maximum atomic E-state index is 12.6. The lowest BCUT2D eigenvalue weighted by molar-refractivity contribution is -0.132. The van der Waals surface area contributed by atoms with Crippen LogP contribution in [0.3, 0.4) is 0 Å². The summed E-state index contributed by atoms with van der Waals surface area (Å²) in [6.07, 6.45) is 3.55. The molecule has 1 aliphatic rings. The van der Waals surface area contributed by atoms with Gasteiger partial charge in [-0.2, -0.15) is 0 Å². The van der Waals surface area contributed by atoms with Crippen molar-refractivity contribution < 1.29 is 4.79 Å². The number of hydrogen-bond acceptors (Lipinski definition) is 3. The molecule has 23 heavy (non-hydrogen) atoms. The van der Waals surface area contributed by atoms with E-state index in [0.717, 1.165) is 36.5 Å². The van der Waals surface area contributed by atoms with E-state index in [-0.39, 0.29) is 5.91 Å². The van der Waals surface area contributed by atoms with Crippen LogP contribution >= 0.6 is 11.3 Å². The van der Waals surface area contributed by atoms with Gasteiger partial charge in [0.25, 0.3) is 0 Å². The Balaban J connectivity index is 1.61. The van der Waals surface area contributed by atoms with Crippen LogP contribution < -0.4 is 0 Å². The molecule has 1 aromatic carbocycles. The summed E-state index contributed by atoms with van der Waals surface area (Å²) in [4.78, 5) is 19.3. The van der Waals surface area contributed by atoms with Crippen LogP contribution in [0.25, 0.3) is 0 Å². The Bertz CT molecular complexity index is 650. The van der Waals surface area contributed by atoms with Crippen LogP contribution in [0.4, 0.5) is 0 Å². The third-order valence-corrected chi connectivity index (χ3v) is 5.42. The normalized spacial score (nSPS) is 17.9. The van der Waals surface area contributed by atoms with Crippen molar-refractivity contribution in [2.24, 2.45) is 5.92 Å². The molecule has 2 heterocycles. The third-order valence-electron chi connectivity index (χ3n) is 4.52. The Labute approximate surface area is 142 Å². The molecule has 3 nitrogen and oxygen atoms in total. The summed E-state index contributed by atoms with van der Waals surface area (Å²) in [5.41, 5.74) is 2.18. The van der Waals surface area contributed by atoms with Crippen molar-refractivity contribution >= 4 is 17.2 Å². The van der Waals surface area contributed by atoms with Crippen LogP contribution in [-0.4, -0.2) is 28.4 Å². The third kappa shape index (κ3) is 3.99. The van der Waals surface area contributed by atoms with Crippen LogP contribution in [0.15, 0.2) is 35.7 Å². The summed E-state index contributed by atoms with van der Waals surface area (Å²) in [5.74, 6) is 0.767. The van der Waals surface area contributed by atoms with Gasteiger partial charge in [-0.1, -0.05) is 44.2 Å². The zero-order valence-electron chi connectivity index (χ0n) is 13.9. The highest BCUT2D eigenvalue weighted by Gasteiger charge is 2.30. The summed E-state index contributed by atoms with van der Waals surface area (Å²) in [7, 11) is 0. The van der Waals surface area contributed by atoms with Gasteiger partial charge in [-0.05, 0) is 24.3 Å². The van der Waals surface area contributed by atoms with Gasteiger partial charge in [0.05, 0.1) is 17.1 Å². The molecule has 1 amide bonds. The Kier molecular flexibility index (Phi) is 5.11. The number of rotatable bonds is 5. The second kappa shape index (κ2) is 7.26. The van der Waals surface area contributed by atoms with Gasteiger partial charge in [-0.15, -0.1) is 11.3 Å². The molecular formula is C19H24N2OS. The van der Waals surface area contributed by atoms with Crippen LogP contribution in [0.5, 0.6) is 0 Å². The van der Waals surface area contributed by atoms with E-state index in [0.29, 0.717) is 18.4 Å². The van der Waals surface area contributed by atoms with Crippen molar-refractivity contribution in [3.05, 3.63) is 52.0 Å². The topological polar surface area (TPSA) is 33.2 Å². The molecule has 1 saturated heterocycles. The smallest absolute Gasteiger partial charge is 0.228 e. The minimum atomic E-state index is 0.234. The number of thiazole rings is 1. The van der Waals surface area contributed by atoms with E-state index in [1.54, 1.807) is 11.3 Å². The maximum Gasteiger partial charge on any atom is 0.228 e.